The Morgan fingerprint density at radius 2 is 1.57 bits per heavy atom. The van der Waals surface area contributed by atoms with E-state index < -0.39 is 0 Å². The summed E-state index contributed by atoms with van der Waals surface area (Å²) >= 11 is 0. The van der Waals surface area contributed by atoms with E-state index >= 15 is 0 Å². The van der Waals surface area contributed by atoms with Crippen LogP contribution in [-0.2, 0) is 4.79 Å². The Kier molecular flexibility index (Phi) is 6.07. The highest BCUT2D eigenvalue weighted by molar-refractivity contribution is 5.98. The predicted octanol–water partition coefficient (Wildman–Crippen LogP) is 4.11. The van der Waals surface area contributed by atoms with E-state index in [1.807, 2.05) is 54.6 Å². The fourth-order valence-corrected chi connectivity index (χ4v) is 2.88. The molecule has 5 nitrogen and oxygen atoms in total. The van der Waals surface area contributed by atoms with Crippen molar-refractivity contribution in [3.05, 3.63) is 84.4 Å². The van der Waals surface area contributed by atoms with Gasteiger partial charge in [-0.05, 0) is 29.8 Å². The Morgan fingerprint density at radius 3 is 2.32 bits per heavy atom. The third kappa shape index (κ3) is 4.76. The minimum Gasteiger partial charge on any atom is -0.376 e. The number of nitrogens with zero attached hydrogens (tertiary/aromatic N) is 1. The smallest absolute Gasteiger partial charge is 0.253 e. The summed E-state index contributed by atoms with van der Waals surface area (Å²) in [5.74, 6) is -0.289. The van der Waals surface area contributed by atoms with Gasteiger partial charge in [-0.1, -0.05) is 54.6 Å². The summed E-state index contributed by atoms with van der Waals surface area (Å²) in [5.41, 5.74) is 4.14. The quantitative estimate of drug-likeness (QED) is 0.684. The average Bonchev–Trinajstić information content (AvgIpc) is 2.72. The average molecular weight is 373 g/mol. The second-order valence-corrected chi connectivity index (χ2v) is 6.59. The van der Waals surface area contributed by atoms with E-state index in [1.54, 1.807) is 38.4 Å². The van der Waals surface area contributed by atoms with Gasteiger partial charge in [0.15, 0.2) is 0 Å². The molecule has 0 radical (unpaired) electrons. The van der Waals surface area contributed by atoms with Gasteiger partial charge in [-0.3, -0.25) is 9.59 Å². The molecule has 5 heteroatoms. The highest BCUT2D eigenvalue weighted by Gasteiger charge is 2.10. The van der Waals surface area contributed by atoms with Crippen LogP contribution in [0.5, 0.6) is 0 Å². The highest BCUT2D eigenvalue weighted by Crippen LogP contribution is 2.27. The molecule has 2 N–H and O–H groups in total. The van der Waals surface area contributed by atoms with E-state index in [1.165, 1.54) is 4.90 Å². The zero-order chi connectivity index (χ0) is 19.9. The van der Waals surface area contributed by atoms with Crippen molar-refractivity contribution in [3.63, 3.8) is 0 Å². The first-order valence-electron chi connectivity index (χ1n) is 9.04. The maximum absolute atomic E-state index is 12.4. The lowest BCUT2D eigenvalue weighted by molar-refractivity contribution is -0.114. The van der Waals surface area contributed by atoms with Crippen molar-refractivity contribution in [2.75, 3.05) is 31.3 Å². The normalized spacial score (nSPS) is 10.2. The van der Waals surface area contributed by atoms with Crippen molar-refractivity contribution in [3.8, 4) is 11.1 Å². The van der Waals surface area contributed by atoms with E-state index in [-0.39, 0.29) is 18.4 Å². The fourth-order valence-electron chi connectivity index (χ4n) is 2.88. The maximum atomic E-state index is 12.4. The van der Waals surface area contributed by atoms with Crippen LogP contribution in [-0.4, -0.2) is 37.4 Å². The molecule has 0 spiro atoms. The number of anilines is 2. The van der Waals surface area contributed by atoms with E-state index in [2.05, 4.69) is 10.6 Å². The molecule has 0 aromatic heterocycles. The molecule has 142 valence electrons. The molecule has 0 atom stereocenters. The standard InChI is InChI=1S/C23H23N3O2/c1-26(2)23(28)18-11-8-12-19(15-18)25-22(27)16-24-21-14-7-6-13-20(21)17-9-4-3-5-10-17/h3-15,24H,16H2,1-2H3,(H,25,27). The zero-order valence-corrected chi connectivity index (χ0v) is 16.0. The fraction of sp³-hybridized carbons (Fsp3) is 0.130. The number of hydrogen-bond donors (Lipinski definition) is 2. The monoisotopic (exact) mass is 373 g/mol. The molecule has 0 aliphatic rings. The number of para-hydroxylation sites is 1. The molecule has 3 aromatic rings. The molecule has 0 saturated heterocycles. The van der Waals surface area contributed by atoms with Gasteiger partial charge in [0.2, 0.25) is 5.91 Å². The molecule has 0 unspecified atom stereocenters. The molecule has 0 saturated carbocycles. The molecule has 0 aliphatic heterocycles. The lowest BCUT2D eigenvalue weighted by Crippen LogP contribution is -2.23. The SMILES string of the molecule is CN(C)C(=O)c1cccc(NC(=O)CNc2ccccc2-c2ccccc2)c1. The summed E-state index contributed by atoms with van der Waals surface area (Å²) in [6.45, 7) is 0.121. The Morgan fingerprint density at radius 1 is 0.857 bits per heavy atom. The third-order valence-corrected chi connectivity index (χ3v) is 4.25. The number of nitrogens with one attached hydrogen (secondary N) is 2. The highest BCUT2D eigenvalue weighted by atomic mass is 16.2. The summed E-state index contributed by atoms with van der Waals surface area (Å²) in [6, 6.07) is 24.8. The van der Waals surface area contributed by atoms with Crippen molar-refractivity contribution in [1.82, 2.24) is 4.90 Å². The van der Waals surface area contributed by atoms with Crippen LogP contribution in [0, 0.1) is 0 Å². The Labute approximate surface area is 165 Å². The van der Waals surface area contributed by atoms with E-state index in [9.17, 15) is 9.59 Å². The second-order valence-electron chi connectivity index (χ2n) is 6.59. The van der Waals surface area contributed by atoms with Gasteiger partial charge in [-0.15, -0.1) is 0 Å². The molecule has 3 aromatic carbocycles. The van der Waals surface area contributed by atoms with Crippen LogP contribution in [0.3, 0.4) is 0 Å². The van der Waals surface area contributed by atoms with Gasteiger partial charge >= 0.3 is 0 Å². The third-order valence-electron chi connectivity index (χ3n) is 4.25. The van der Waals surface area contributed by atoms with Gasteiger partial charge in [0, 0.05) is 36.6 Å². The zero-order valence-electron chi connectivity index (χ0n) is 16.0. The first-order chi connectivity index (χ1) is 13.5. The topological polar surface area (TPSA) is 61.4 Å². The molecule has 28 heavy (non-hydrogen) atoms. The minimum atomic E-state index is -0.183. The van der Waals surface area contributed by atoms with E-state index in [0.29, 0.717) is 11.3 Å². The molecule has 2 amide bonds. The van der Waals surface area contributed by atoms with Gasteiger partial charge in [0.05, 0.1) is 6.54 Å². The second kappa shape index (κ2) is 8.86. The maximum Gasteiger partial charge on any atom is 0.253 e. The predicted molar refractivity (Wildman–Crippen MR) is 113 cm³/mol. The minimum absolute atomic E-state index is 0.106. The van der Waals surface area contributed by atoms with Crippen LogP contribution in [0.15, 0.2) is 78.9 Å². The van der Waals surface area contributed by atoms with Gasteiger partial charge in [-0.25, -0.2) is 0 Å². The first-order valence-corrected chi connectivity index (χ1v) is 9.04. The van der Waals surface area contributed by atoms with Gasteiger partial charge in [0.25, 0.3) is 5.91 Å². The van der Waals surface area contributed by atoms with Gasteiger partial charge in [-0.2, -0.15) is 0 Å². The molecule has 0 heterocycles. The molecule has 3 rings (SSSR count). The lowest BCUT2D eigenvalue weighted by Gasteiger charge is -2.13. The summed E-state index contributed by atoms with van der Waals surface area (Å²) in [7, 11) is 3.39. The van der Waals surface area contributed by atoms with Gasteiger partial charge in [0.1, 0.15) is 0 Å². The van der Waals surface area contributed by atoms with E-state index in [0.717, 1.165) is 16.8 Å². The number of amides is 2. The summed E-state index contributed by atoms with van der Waals surface area (Å²) in [4.78, 5) is 25.9. The summed E-state index contributed by atoms with van der Waals surface area (Å²) in [6.07, 6.45) is 0. The Hall–Kier alpha value is -3.60. The number of rotatable bonds is 6. The summed E-state index contributed by atoms with van der Waals surface area (Å²) in [5, 5.41) is 6.03. The van der Waals surface area contributed by atoms with Crippen LogP contribution >= 0.6 is 0 Å². The van der Waals surface area contributed by atoms with Crippen LogP contribution in [0.4, 0.5) is 11.4 Å². The molecular formula is C23H23N3O2. The number of carbonyl (C=O) groups is 2. The Balaban J connectivity index is 1.66. The van der Waals surface area contributed by atoms with Crippen molar-refractivity contribution >= 4 is 23.2 Å². The van der Waals surface area contributed by atoms with Crippen molar-refractivity contribution in [2.24, 2.45) is 0 Å². The lowest BCUT2D eigenvalue weighted by atomic mass is 10.0. The van der Waals surface area contributed by atoms with Crippen LogP contribution in [0.2, 0.25) is 0 Å². The van der Waals surface area contributed by atoms with Crippen molar-refractivity contribution < 1.29 is 9.59 Å². The number of carbonyl (C=O) groups excluding carboxylic acids is 2. The molecular weight excluding hydrogens is 350 g/mol. The molecule has 0 aliphatic carbocycles. The largest absolute Gasteiger partial charge is 0.376 e. The van der Waals surface area contributed by atoms with Crippen molar-refractivity contribution in [1.29, 1.82) is 0 Å². The first kappa shape index (κ1) is 19.2. The van der Waals surface area contributed by atoms with Gasteiger partial charge < -0.3 is 15.5 Å². The molecule has 0 bridgehead atoms. The molecule has 0 fully saturated rings. The number of benzene rings is 3. The van der Waals surface area contributed by atoms with Crippen LogP contribution in [0.1, 0.15) is 10.4 Å². The number of hydrogen-bond acceptors (Lipinski definition) is 3. The Bertz CT molecular complexity index is 968. The van der Waals surface area contributed by atoms with Crippen molar-refractivity contribution in [2.45, 2.75) is 0 Å². The van der Waals surface area contributed by atoms with Crippen LogP contribution < -0.4 is 10.6 Å². The van der Waals surface area contributed by atoms with Crippen LogP contribution in [0.25, 0.3) is 11.1 Å². The van der Waals surface area contributed by atoms with E-state index in [4.69, 9.17) is 0 Å². The summed E-state index contributed by atoms with van der Waals surface area (Å²) < 4.78 is 0.